The van der Waals surface area contributed by atoms with E-state index in [1.165, 1.54) is 0 Å². The lowest BCUT2D eigenvalue weighted by molar-refractivity contribution is 0.0163. The normalized spacial score (nSPS) is 46.6. The lowest BCUT2D eigenvalue weighted by Gasteiger charge is -2.12. The van der Waals surface area contributed by atoms with Crippen molar-refractivity contribution in [3.05, 3.63) is 0 Å². The molecule has 4 nitrogen and oxygen atoms in total. The summed E-state index contributed by atoms with van der Waals surface area (Å²) in [5, 5.41) is 30.6. The minimum Gasteiger partial charge on any atom is -0.395 e. The summed E-state index contributed by atoms with van der Waals surface area (Å²) in [4.78, 5) is 0. The summed E-state index contributed by atoms with van der Waals surface area (Å²) in [7, 11) is 0. The van der Waals surface area contributed by atoms with Crippen LogP contribution >= 0.6 is 0 Å². The Kier molecular flexibility index (Phi) is 1.47. The van der Waals surface area contributed by atoms with Crippen LogP contribution in [0.3, 0.4) is 0 Å². The van der Waals surface area contributed by atoms with Crippen LogP contribution in [0.1, 0.15) is 12.8 Å². The Bertz CT molecular complexity index is 169. The van der Waals surface area contributed by atoms with Crippen LogP contribution in [-0.4, -0.2) is 45.7 Å². The number of aliphatic hydroxyl groups is 3. The van der Waals surface area contributed by atoms with Crippen LogP contribution < -0.4 is 5.32 Å². The van der Waals surface area contributed by atoms with Crippen molar-refractivity contribution in [3.8, 4) is 0 Å². The van der Waals surface area contributed by atoms with Crippen molar-refractivity contribution in [3.63, 3.8) is 0 Å². The number of rotatable bonds is 1. The van der Waals surface area contributed by atoms with Crippen molar-refractivity contribution < 1.29 is 15.3 Å². The second-order valence-electron chi connectivity index (χ2n) is 3.52. The van der Waals surface area contributed by atoms with Gasteiger partial charge in [-0.25, -0.2) is 0 Å². The molecule has 4 heteroatoms. The zero-order valence-electron chi connectivity index (χ0n) is 6.20. The lowest BCUT2D eigenvalue weighted by atomic mass is 10.1. The zero-order chi connectivity index (χ0) is 8.06. The van der Waals surface area contributed by atoms with Gasteiger partial charge in [-0.3, -0.25) is 0 Å². The summed E-state index contributed by atoms with van der Waals surface area (Å²) in [6.07, 6.45) is 0.311. The fourth-order valence-electron chi connectivity index (χ4n) is 1.82. The van der Waals surface area contributed by atoms with Crippen LogP contribution in [0.2, 0.25) is 0 Å². The van der Waals surface area contributed by atoms with Gasteiger partial charge in [0.25, 0.3) is 0 Å². The van der Waals surface area contributed by atoms with Crippen molar-refractivity contribution in [2.45, 2.75) is 36.6 Å². The molecule has 0 aromatic carbocycles. The topological polar surface area (TPSA) is 72.7 Å². The van der Waals surface area contributed by atoms with Crippen LogP contribution in [0.4, 0.5) is 0 Å². The van der Waals surface area contributed by atoms with Gasteiger partial charge in [0.15, 0.2) is 0 Å². The largest absolute Gasteiger partial charge is 0.395 e. The highest BCUT2D eigenvalue weighted by molar-refractivity contribution is 5.17. The first-order chi connectivity index (χ1) is 5.19. The van der Waals surface area contributed by atoms with Crippen molar-refractivity contribution in [1.82, 2.24) is 5.32 Å². The minimum atomic E-state index is -0.803. The molecular formula is C7H13NO3. The van der Waals surface area contributed by atoms with Crippen LogP contribution in [0.15, 0.2) is 0 Å². The van der Waals surface area contributed by atoms with Gasteiger partial charge in [0.05, 0.1) is 24.9 Å². The highest BCUT2D eigenvalue weighted by Gasteiger charge is 2.59. The first-order valence-corrected chi connectivity index (χ1v) is 3.94. The molecule has 0 unspecified atom stereocenters. The highest BCUT2D eigenvalue weighted by Crippen LogP contribution is 2.44. The summed E-state index contributed by atoms with van der Waals surface area (Å²) in [6.45, 7) is -0.111. The molecule has 1 spiro atoms. The second-order valence-corrected chi connectivity index (χ2v) is 3.52. The lowest BCUT2D eigenvalue weighted by Crippen LogP contribution is -2.37. The highest BCUT2D eigenvalue weighted by atomic mass is 16.3. The van der Waals surface area contributed by atoms with E-state index in [1.54, 1.807) is 0 Å². The molecule has 0 bridgehead atoms. The fourth-order valence-corrected chi connectivity index (χ4v) is 1.82. The number of hydrogen-bond acceptors (Lipinski definition) is 4. The van der Waals surface area contributed by atoms with Gasteiger partial charge >= 0.3 is 0 Å². The second kappa shape index (κ2) is 2.17. The molecule has 0 radical (unpaired) electrons. The molecule has 0 amide bonds. The van der Waals surface area contributed by atoms with E-state index in [0.717, 1.165) is 12.8 Å². The first kappa shape index (κ1) is 7.49. The Labute approximate surface area is 64.8 Å². The Balaban J connectivity index is 2.10. The van der Waals surface area contributed by atoms with Crippen molar-refractivity contribution in [1.29, 1.82) is 0 Å². The van der Waals surface area contributed by atoms with Gasteiger partial charge < -0.3 is 20.6 Å². The quantitative estimate of drug-likeness (QED) is 0.364. The molecule has 1 heterocycles. The Hall–Kier alpha value is -0.160. The molecule has 0 aromatic heterocycles. The van der Waals surface area contributed by atoms with E-state index < -0.39 is 12.2 Å². The molecule has 0 aromatic rings. The molecule has 1 aliphatic carbocycles. The number of aliphatic hydroxyl groups excluding tert-OH is 3. The molecule has 2 aliphatic rings. The van der Waals surface area contributed by atoms with E-state index in [0.29, 0.717) is 0 Å². The molecule has 2 fully saturated rings. The molecule has 2 rings (SSSR count). The van der Waals surface area contributed by atoms with Crippen LogP contribution in [0, 0.1) is 0 Å². The predicted molar refractivity (Wildman–Crippen MR) is 38.0 cm³/mol. The fraction of sp³-hybridized carbons (Fsp3) is 1.00. The maximum Gasteiger partial charge on any atom is 0.0996 e. The van der Waals surface area contributed by atoms with Gasteiger partial charge in [0.2, 0.25) is 0 Å². The molecule has 11 heavy (non-hydrogen) atoms. The van der Waals surface area contributed by atoms with Crippen molar-refractivity contribution in [2.24, 2.45) is 0 Å². The summed E-state index contributed by atoms with van der Waals surface area (Å²) in [5.41, 5.74) is -0.257. The van der Waals surface area contributed by atoms with E-state index in [4.69, 9.17) is 5.11 Å². The first-order valence-electron chi connectivity index (χ1n) is 3.94. The zero-order valence-corrected chi connectivity index (χ0v) is 6.20. The molecule has 1 saturated heterocycles. The van der Waals surface area contributed by atoms with Gasteiger partial charge in [-0.1, -0.05) is 0 Å². The average Bonchev–Trinajstić information content (AvgIpc) is 2.74. The molecule has 3 atom stereocenters. The van der Waals surface area contributed by atoms with E-state index in [9.17, 15) is 10.2 Å². The minimum absolute atomic E-state index is 0.111. The molecule has 1 aliphatic heterocycles. The van der Waals surface area contributed by atoms with Gasteiger partial charge in [0.1, 0.15) is 0 Å². The summed E-state index contributed by atoms with van der Waals surface area (Å²) < 4.78 is 0. The van der Waals surface area contributed by atoms with Crippen LogP contribution in [0.25, 0.3) is 0 Å². The van der Waals surface area contributed by atoms with Gasteiger partial charge in [-0.05, 0) is 12.8 Å². The SMILES string of the molecule is OC[C@H]1NC2(CC2)[C@@H](O)[C@@H]1O. The Morgan fingerprint density at radius 1 is 1.36 bits per heavy atom. The van der Waals surface area contributed by atoms with Gasteiger partial charge in [-0.2, -0.15) is 0 Å². The molecular weight excluding hydrogens is 146 g/mol. The number of nitrogens with one attached hydrogen (secondary N) is 1. The maximum absolute atomic E-state index is 9.47. The summed E-state index contributed by atoms with van der Waals surface area (Å²) in [5.74, 6) is 0. The van der Waals surface area contributed by atoms with E-state index in [2.05, 4.69) is 5.32 Å². The van der Waals surface area contributed by atoms with Gasteiger partial charge in [0, 0.05) is 5.54 Å². The third kappa shape index (κ3) is 0.906. The monoisotopic (exact) mass is 159 g/mol. The maximum atomic E-state index is 9.47. The Morgan fingerprint density at radius 3 is 2.27 bits per heavy atom. The van der Waals surface area contributed by atoms with Crippen LogP contribution in [0.5, 0.6) is 0 Å². The number of hydrogen-bond donors (Lipinski definition) is 4. The van der Waals surface area contributed by atoms with Crippen molar-refractivity contribution >= 4 is 0 Å². The smallest absolute Gasteiger partial charge is 0.0996 e. The standard InChI is InChI=1S/C7H13NO3/c9-3-4-5(10)6(11)7(8-4)1-2-7/h4-6,8-11H,1-3H2/t4-,5-,6+/m1/s1. The molecule has 4 N–H and O–H groups in total. The summed E-state index contributed by atoms with van der Waals surface area (Å²) in [6, 6.07) is -0.340. The molecule has 1 saturated carbocycles. The third-order valence-corrected chi connectivity index (χ3v) is 2.76. The van der Waals surface area contributed by atoms with E-state index in [-0.39, 0.29) is 18.2 Å². The third-order valence-electron chi connectivity index (χ3n) is 2.76. The van der Waals surface area contributed by atoms with Crippen molar-refractivity contribution in [2.75, 3.05) is 6.61 Å². The molecule has 64 valence electrons. The van der Waals surface area contributed by atoms with Gasteiger partial charge in [-0.15, -0.1) is 0 Å². The predicted octanol–water partition coefficient (Wildman–Crippen LogP) is -1.80. The van der Waals surface area contributed by atoms with Crippen LogP contribution in [-0.2, 0) is 0 Å². The summed E-state index contributed by atoms with van der Waals surface area (Å²) >= 11 is 0. The van der Waals surface area contributed by atoms with E-state index in [1.807, 2.05) is 0 Å². The van der Waals surface area contributed by atoms with E-state index >= 15 is 0 Å². The Morgan fingerprint density at radius 2 is 2.00 bits per heavy atom. The average molecular weight is 159 g/mol.